The Bertz CT molecular complexity index is 564. The maximum Gasteiger partial charge on any atom is 0.188 e. The van der Waals surface area contributed by atoms with Gasteiger partial charge in [0.25, 0.3) is 0 Å². The van der Waals surface area contributed by atoms with Gasteiger partial charge in [0.05, 0.1) is 0 Å². The van der Waals surface area contributed by atoms with Gasteiger partial charge in [0.15, 0.2) is 6.79 Å². The van der Waals surface area contributed by atoms with Crippen molar-refractivity contribution in [1.29, 1.82) is 0 Å². The Morgan fingerprint density at radius 2 is 1.89 bits per heavy atom. The van der Waals surface area contributed by atoms with Crippen LogP contribution in [-0.4, -0.2) is 13.9 Å². The number of para-hydroxylation sites is 1. The molecule has 0 bridgehead atoms. The summed E-state index contributed by atoms with van der Waals surface area (Å²) < 4.78 is 10.4. The summed E-state index contributed by atoms with van der Waals surface area (Å²) in [4.78, 5) is 0. The number of hydrogen-bond acceptors (Lipinski definition) is 2. The van der Waals surface area contributed by atoms with Crippen molar-refractivity contribution >= 4 is 23.8 Å². The molecular formula is C16H15ClO2. The summed E-state index contributed by atoms with van der Waals surface area (Å²) in [6.07, 6.45) is 4.00. The van der Waals surface area contributed by atoms with Crippen LogP contribution in [0.25, 0.3) is 12.2 Å². The summed E-state index contributed by atoms with van der Waals surface area (Å²) in [5.41, 5.74) is 2.05. The van der Waals surface area contributed by atoms with Gasteiger partial charge in [-0.05, 0) is 23.8 Å². The molecule has 0 saturated heterocycles. The van der Waals surface area contributed by atoms with Crippen LogP contribution in [-0.2, 0) is 4.74 Å². The van der Waals surface area contributed by atoms with Gasteiger partial charge in [-0.25, -0.2) is 0 Å². The molecule has 0 heterocycles. The predicted molar refractivity (Wildman–Crippen MR) is 79.3 cm³/mol. The molecule has 0 amide bonds. The first-order valence-electron chi connectivity index (χ1n) is 5.94. The molecule has 0 saturated carbocycles. The molecule has 2 nitrogen and oxygen atoms in total. The van der Waals surface area contributed by atoms with E-state index < -0.39 is 0 Å². The van der Waals surface area contributed by atoms with E-state index in [-0.39, 0.29) is 6.79 Å². The Morgan fingerprint density at radius 3 is 2.68 bits per heavy atom. The zero-order valence-corrected chi connectivity index (χ0v) is 11.4. The van der Waals surface area contributed by atoms with Crippen LogP contribution in [0.4, 0.5) is 0 Å². The number of benzene rings is 2. The number of hydrogen-bond donors (Lipinski definition) is 0. The SMILES string of the molecule is COCOc1ccccc1/C=C\c1cccc(Cl)c1. The topological polar surface area (TPSA) is 18.5 Å². The molecule has 0 spiro atoms. The van der Waals surface area contributed by atoms with E-state index in [2.05, 4.69) is 0 Å². The molecule has 0 aliphatic heterocycles. The fraction of sp³-hybridized carbons (Fsp3) is 0.125. The summed E-state index contributed by atoms with van der Waals surface area (Å²) >= 11 is 5.95. The maximum atomic E-state index is 5.95. The molecule has 2 rings (SSSR count). The monoisotopic (exact) mass is 274 g/mol. The lowest BCUT2D eigenvalue weighted by Gasteiger charge is -2.07. The van der Waals surface area contributed by atoms with E-state index in [4.69, 9.17) is 21.1 Å². The van der Waals surface area contributed by atoms with E-state index in [0.717, 1.165) is 21.9 Å². The Hall–Kier alpha value is -1.77. The third-order valence-electron chi connectivity index (χ3n) is 2.56. The Balaban J connectivity index is 2.18. The molecule has 0 aliphatic rings. The number of halogens is 1. The molecule has 98 valence electrons. The normalized spacial score (nSPS) is 10.8. The van der Waals surface area contributed by atoms with E-state index in [1.54, 1.807) is 7.11 Å². The van der Waals surface area contributed by atoms with Crippen molar-refractivity contribution in [2.75, 3.05) is 13.9 Å². The fourth-order valence-electron chi connectivity index (χ4n) is 1.67. The fourth-order valence-corrected chi connectivity index (χ4v) is 1.87. The minimum Gasteiger partial charge on any atom is -0.467 e. The van der Waals surface area contributed by atoms with Crippen LogP contribution in [0.1, 0.15) is 11.1 Å². The van der Waals surface area contributed by atoms with Gasteiger partial charge in [-0.15, -0.1) is 0 Å². The van der Waals surface area contributed by atoms with Gasteiger partial charge < -0.3 is 9.47 Å². The molecule has 2 aromatic carbocycles. The van der Waals surface area contributed by atoms with Gasteiger partial charge in [-0.2, -0.15) is 0 Å². The van der Waals surface area contributed by atoms with E-state index in [9.17, 15) is 0 Å². The van der Waals surface area contributed by atoms with Gasteiger partial charge >= 0.3 is 0 Å². The summed E-state index contributed by atoms with van der Waals surface area (Å²) in [5.74, 6) is 0.794. The third-order valence-corrected chi connectivity index (χ3v) is 2.79. The van der Waals surface area contributed by atoms with Crippen molar-refractivity contribution in [3.8, 4) is 5.75 Å². The van der Waals surface area contributed by atoms with E-state index in [1.165, 1.54) is 0 Å². The highest BCUT2D eigenvalue weighted by atomic mass is 35.5. The van der Waals surface area contributed by atoms with Crippen LogP contribution in [0, 0.1) is 0 Å². The molecule has 0 unspecified atom stereocenters. The van der Waals surface area contributed by atoms with E-state index >= 15 is 0 Å². The van der Waals surface area contributed by atoms with E-state index in [1.807, 2.05) is 60.7 Å². The van der Waals surface area contributed by atoms with Crippen molar-refractivity contribution in [2.45, 2.75) is 0 Å². The van der Waals surface area contributed by atoms with Crippen LogP contribution in [0.2, 0.25) is 5.02 Å². The van der Waals surface area contributed by atoms with Crippen LogP contribution in [0.3, 0.4) is 0 Å². The van der Waals surface area contributed by atoms with Gasteiger partial charge in [0, 0.05) is 17.7 Å². The Kier molecular flexibility index (Phi) is 5.01. The number of rotatable bonds is 5. The Morgan fingerprint density at radius 1 is 1.05 bits per heavy atom. The predicted octanol–water partition coefficient (Wildman–Crippen LogP) is 4.49. The molecule has 2 aromatic rings. The lowest BCUT2D eigenvalue weighted by molar-refractivity contribution is 0.0510. The highest BCUT2D eigenvalue weighted by Crippen LogP contribution is 2.21. The zero-order valence-electron chi connectivity index (χ0n) is 10.7. The molecule has 3 heteroatoms. The molecule has 0 N–H and O–H groups in total. The average molecular weight is 275 g/mol. The molecule has 0 atom stereocenters. The number of methoxy groups -OCH3 is 1. The van der Waals surface area contributed by atoms with Crippen molar-refractivity contribution in [1.82, 2.24) is 0 Å². The summed E-state index contributed by atoms with van der Waals surface area (Å²) in [5, 5.41) is 0.728. The van der Waals surface area contributed by atoms with Gasteiger partial charge in [-0.3, -0.25) is 0 Å². The van der Waals surface area contributed by atoms with Crippen molar-refractivity contribution in [2.24, 2.45) is 0 Å². The van der Waals surface area contributed by atoms with Crippen LogP contribution in [0.15, 0.2) is 48.5 Å². The molecule has 0 radical (unpaired) electrons. The molecule has 0 aliphatic carbocycles. The minimum absolute atomic E-state index is 0.238. The zero-order chi connectivity index (χ0) is 13.5. The molecule has 19 heavy (non-hydrogen) atoms. The highest BCUT2D eigenvalue weighted by molar-refractivity contribution is 6.30. The van der Waals surface area contributed by atoms with Gasteiger partial charge in [0.2, 0.25) is 0 Å². The summed E-state index contributed by atoms with van der Waals surface area (Å²) in [6.45, 7) is 0.238. The standard InChI is InChI=1S/C16H15ClO2/c1-18-12-19-16-8-3-2-6-14(16)10-9-13-5-4-7-15(17)11-13/h2-11H,12H2,1H3/b10-9-. The first-order chi connectivity index (χ1) is 9.29. The second-order valence-electron chi connectivity index (χ2n) is 3.98. The average Bonchev–Trinajstić information content (AvgIpc) is 2.44. The summed E-state index contributed by atoms with van der Waals surface area (Å²) in [6, 6.07) is 15.5. The maximum absolute atomic E-state index is 5.95. The van der Waals surface area contributed by atoms with Gasteiger partial charge in [0.1, 0.15) is 5.75 Å². The first-order valence-corrected chi connectivity index (χ1v) is 6.32. The quantitative estimate of drug-likeness (QED) is 0.591. The Labute approximate surface area is 118 Å². The van der Waals surface area contributed by atoms with Crippen molar-refractivity contribution in [3.05, 3.63) is 64.7 Å². The first kappa shape index (κ1) is 13.7. The lowest BCUT2D eigenvalue weighted by Crippen LogP contribution is -1.99. The van der Waals surface area contributed by atoms with Crippen LogP contribution in [0.5, 0.6) is 5.75 Å². The molecular weight excluding hydrogens is 260 g/mol. The number of ether oxygens (including phenoxy) is 2. The second kappa shape index (κ2) is 6.98. The van der Waals surface area contributed by atoms with E-state index in [0.29, 0.717) is 0 Å². The summed E-state index contributed by atoms with van der Waals surface area (Å²) in [7, 11) is 1.60. The van der Waals surface area contributed by atoms with Crippen LogP contribution >= 0.6 is 11.6 Å². The largest absolute Gasteiger partial charge is 0.467 e. The minimum atomic E-state index is 0.238. The second-order valence-corrected chi connectivity index (χ2v) is 4.41. The third kappa shape index (κ3) is 4.12. The smallest absolute Gasteiger partial charge is 0.188 e. The highest BCUT2D eigenvalue weighted by Gasteiger charge is 1.99. The van der Waals surface area contributed by atoms with Crippen molar-refractivity contribution < 1.29 is 9.47 Å². The van der Waals surface area contributed by atoms with Crippen molar-refractivity contribution in [3.63, 3.8) is 0 Å². The van der Waals surface area contributed by atoms with Gasteiger partial charge in [-0.1, -0.05) is 54.1 Å². The molecule has 0 fully saturated rings. The van der Waals surface area contributed by atoms with Crippen LogP contribution < -0.4 is 4.74 Å². The molecule has 0 aromatic heterocycles. The lowest BCUT2D eigenvalue weighted by atomic mass is 10.1.